The van der Waals surface area contributed by atoms with Gasteiger partial charge < -0.3 is 11.8 Å². The van der Waals surface area contributed by atoms with Gasteiger partial charge in [0.25, 0.3) is 0 Å². The van der Waals surface area contributed by atoms with Gasteiger partial charge in [0, 0.05) is 38.6 Å². The molecule has 152 valence electrons. The summed E-state index contributed by atoms with van der Waals surface area (Å²) in [6.45, 7) is 4.75. The van der Waals surface area contributed by atoms with Crippen LogP contribution in [0.3, 0.4) is 0 Å². The second-order valence-electron chi connectivity index (χ2n) is 5.46. The molecule has 0 spiro atoms. The summed E-state index contributed by atoms with van der Waals surface area (Å²) < 4.78 is 0. The first-order valence-electron chi connectivity index (χ1n) is 8.45. The first kappa shape index (κ1) is 29.8. The molecule has 0 aliphatic carbocycles. The minimum atomic E-state index is 0. The van der Waals surface area contributed by atoms with Crippen molar-refractivity contribution < 1.29 is 51.4 Å². The number of nitrogens with zero attached hydrogens (tertiary/aromatic N) is 4. The molecular formula is C23H20BrKN4S2. The van der Waals surface area contributed by atoms with Crippen molar-refractivity contribution in [1.29, 1.82) is 10.5 Å². The van der Waals surface area contributed by atoms with E-state index in [2.05, 4.69) is 44.1 Å². The fourth-order valence-corrected chi connectivity index (χ4v) is 4.37. The molecule has 0 N–H and O–H groups in total. The molecule has 0 amide bonds. The standard InChI is InChI=1S/C11H8N2S.C10H8BrNS.CN.CH4.K/c12-7-6-10-8-13-11(14-10)9-4-2-1-3-5-9;11-6-9-7-12-10(13-9)8-4-2-1-3-5-8;1-2;;/h1-5,8H,6H2;1-5,7H,6H2;;1H4;/q;;-1;;+1. The molecule has 0 aliphatic rings. The number of thiazole rings is 2. The average molecular weight is 536 g/mol. The van der Waals surface area contributed by atoms with Gasteiger partial charge in [-0.2, -0.15) is 5.26 Å². The van der Waals surface area contributed by atoms with Crippen molar-refractivity contribution in [3.05, 3.63) is 89.4 Å². The predicted octanol–water partition coefficient (Wildman–Crippen LogP) is 4.32. The van der Waals surface area contributed by atoms with Crippen molar-refractivity contribution in [3.63, 3.8) is 0 Å². The molecule has 2 aromatic carbocycles. The molecule has 0 atom stereocenters. The molecule has 2 heterocycles. The van der Waals surface area contributed by atoms with Crippen molar-refractivity contribution in [1.82, 2.24) is 9.97 Å². The van der Waals surface area contributed by atoms with Crippen LogP contribution in [0.5, 0.6) is 0 Å². The zero-order valence-electron chi connectivity index (χ0n) is 16.3. The second kappa shape index (κ2) is 17.4. The molecule has 2 aromatic heterocycles. The Morgan fingerprint density at radius 3 is 1.61 bits per heavy atom. The summed E-state index contributed by atoms with van der Waals surface area (Å²) in [4.78, 5) is 10.9. The molecule has 8 heteroatoms. The van der Waals surface area contributed by atoms with E-state index >= 15 is 0 Å². The maximum absolute atomic E-state index is 8.53. The summed E-state index contributed by atoms with van der Waals surface area (Å²) in [5, 5.41) is 17.7. The first-order chi connectivity index (χ1) is 14.3. The van der Waals surface area contributed by atoms with E-state index < -0.39 is 0 Å². The molecule has 0 saturated carbocycles. The number of hydrogen-bond acceptors (Lipinski definition) is 6. The van der Waals surface area contributed by atoms with Gasteiger partial charge in [-0.25, -0.2) is 9.97 Å². The van der Waals surface area contributed by atoms with Crippen molar-refractivity contribution >= 4 is 38.6 Å². The van der Waals surface area contributed by atoms with Crippen LogP contribution in [0, 0.1) is 23.2 Å². The number of benzene rings is 2. The Labute approximate surface area is 243 Å². The van der Waals surface area contributed by atoms with E-state index in [1.54, 1.807) is 28.9 Å². The Morgan fingerprint density at radius 2 is 1.23 bits per heavy atom. The van der Waals surface area contributed by atoms with E-state index in [0.29, 0.717) is 6.42 Å². The molecule has 31 heavy (non-hydrogen) atoms. The molecular weight excluding hydrogens is 515 g/mol. The zero-order valence-corrected chi connectivity index (χ0v) is 22.7. The Morgan fingerprint density at radius 1 is 0.806 bits per heavy atom. The maximum atomic E-state index is 8.53. The van der Waals surface area contributed by atoms with Gasteiger partial charge in [0.2, 0.25) is 0 Å². The Balaban J connectivity index is 0.000000508. The van der Waals surface area contributed by atoms with E-state index in [1.165, 1.54) is 10.4 Å². The SMILES string of the molecule is BrCc1cnc(-c2ccccc2)s1.C.N#CCc1cnc(-c2ccccc2)s1.[C-]#N.[K+]. The van der Waals surface area contributed by atoms with Crippen molar-refractivity contribution in [2.24, 2.45) is 0 Å². The van der Waals surface area contributed by atoms with Crippen LogP contribution in [-0.4, -0.2) is 9.97 Å². The van der Waals surface area contributed by atoms with Crippen LogP contribution < -0.4 is 51.4 Å². The van der Waals surface area contributed by atoms with E-state index in [0.717, 1.165) is 25.8 Å². The van der Waals surface area contributed by atoms with Gasteiger partial charge in [0.05, 0.1) is 12.5 Å². The molecule has 0 unspecified atom stereocenters. The van der Waals surface area contributed by atoms with Gasteiger partial charge in [-0.15, -0.1) is 22.7 Å². The van der Waals surface area contributed by atoms with Gasteiger partial charge in [0.1, 0.15) is 10.0 Å². The van der Waals surface area contributed by atoms with Gasteiger partial charge in [0.15, 0.2) is 0 Å². The molecule has 4 rings (SSSR count). The third kappa shape index (κ3) is 9.86. The smallest absolute Gasteiger partial charge is 0.512 e. The summed E-state index contributed by atoms with van der Waals surface area (Å²) in [5.41, 5.74) is 2.31. The molecule has 0 radical (unpaired) electrons. The minimum Gasteiger partial charge on any atom is -0.512 e. The summed E-state index contributed by atoms with van der Waals surface area (Å²) in [6, 6.07) is 22.4. The zero-order chi connectivity index (χ0) is 20.9. The summed E-state index contributed by atoms with van der Waals surface area (Å²) in [5.74, 6) is 0. The largest absolute Gasteiger partial charge is 1.00 e. The van der Waals surface area contributed by atoms with E-state index in [4.69, 9.17) is 17.1 Å². The van der Waals surface area contributed by atoms with Crippen molar-refractivity contribution in [2.45, 2.75) is 19.2 Å². The van der Waals surface area contributed by atoms with E-state index in [1.807, 2.05) is 54.7 Å². The summed E-state index contributed by atoms with van der Waals surface area (Å²) in [6.07, 6.45) is 4.14. The number of rotatable bonds is 4. The molecule has 0 aliphatic heterocycles. The predicted molar refractivity (Wildman–Crippen MR) is 129 cm³/mol. The van der Waals surface area contributed by atoms with Crippen LogP contribution >= 0.6 is 38.6 Å². The number of hydrogen-bond donors (Lipinski definition) is 0. The van der Waals surface area contributed by atoms with Crippen LogP contribution in [0.2, 0.25) is 0 Å². The first-order valence-corrected chi connectivity index (χ1v) is 11.2. The van der Waals surface area contributed by atoms with Crippen molar-refractivity contribution in [3.8, 4) is 27.2 Å². The van der Waals surface area contributed by atoms with Gasteiger partial charge in [-0.3, -0.25) is 0 Å². The third-order valence-electron chi connectivity index (χ3n) is 3.53. The topological polar surface area (TPSA) is 73.4 Å². The van der Waals surface area contributed by atoms with Gasteiger partial charge >= 0.3 is 51.4 Å². The van der Waals surface area contributed by atoms with Gasteiger partial charge in [-0.1, -0.05) is 84.0 Å². The summed E-state index contributed by atoms with van der Waals surface area (Å²) >= 11 is 6.72. The monoisotopic (exact) mass is 534 g/mol. The third-order valence-corrected chi connectivity index (χ3v) is 6.60. The van der Waals surface area contributed by atoms with Gasteiger partial charge in [-0.05, 0) is 0 Å². The van der Waals surface area contributed by atoms with E-state index in [9.17, 15) is 0 Å². The molecule has 0 fully saturated rings. The quantitative estimate of drug-likeness (QED) is 0.222. The van der Waals surface area contributed by atoms with Crippen LogP contribution in [0.25, 0.3) is 21.1 Å². The average Bonchev–Trinajstić information content (AvgIpc) is 3.47. The summed E-state index contributed by atoms with van der Waals surface area (Å²) in [7, 11) is 0. The van der Waals surface area contributed by atoms with Crippen LogP contribution in [-0.2, 0) is 11.8 Å². The maximum Gasteiger partial charge on any atom is 1.00 e. The van der Waals surface area contributed by atoms with Crippen molar-refractivity contribution in [2.75, 3.05) is 0 Å². The fraction of sp³-hybridized carbons (Fsp3) is 0.130. The minimum absolute atomic E-state index is 0. The Kier molecular flexibility index (Phi) is 16.7. The van der Waals surface area contributed by atoms with Crippen LogP contribution in [0.15, 0.2) is 73.1 Å². The Hall–Kier alpha value is -1.20. The normalized spacial score (nSPS) is 8.71. The van der Waals surface area contributed by atoms with E-state index in [-0.39, 0.29) is 58.8 Å². The molecule has 0 saturated heterocycles. The number of aromatic nitrogens is 2. The van der Waals surface area contributed by atoms with Crippen LogP contribution in [0.1, 0.15) is 17.2 Å². The molecule has 4 nitrogen and oxygen atoms in total. The molecule has 4 aromatic rings. The number of alkyl halides is 1. The second-order valence-corrected chi connectivity index (χ2v) is 8.26. The number of halogens is 1. The molecule has 0 bridgehead atoms. The van der Waals surface area contributed by atoms with Crippen LogP contribution in [0.4, 0.5) is 0 Å². The fourth-order valence-electron chi connectivity index (χ4n) is 2.26. The number of nitriles is 1. The Bertz CT molecular complexity index is 1060.